The summed E-state index contributed by atoms with van der Waals surface area (Å²) in [7, 11) is 1.03. The van der Waals surface area contributed by atoms with E-state index >= 15 is 0 Å². The predicted molar refractivity (Wildman–Crippen MR) is 110 cm³/mol. The van der Waals surface area contributed by atoms with Crippen LogP contribution in [0.5, 0.6) is 0 Å². The van der Waals surface area contributed by atoms with Gasteiger partial charge in [-0.2, -0.15) is 74.6 Å². The zero-order chi connectivity index (χ0) is 33.8. The first kappa shape index (κ1) is 37.6. The van der Waals surface area contributed by atoms with Crippen molar-refractivity contribution in [2.45, 2.75) is 79.9 Å². The van der Waals surface area contributed by atoms with Gasteiger partial charge in [0.2, 0.25) is 0 Å². The van der Waals surface area contributed by atoms with Gasteiger partial charge >= 0.3 is 53.7 Å². The Morgan fingerprint density at radius 2 is 1.00 bits per heavy atom. The number of alkyl halides is 17. The van der Waals surface area contributed by atoms with Crippen molar-refractivity contribution in [1.82, 2.24) is 0 Å². The lowest BCUT2D eigenvalue weighted by Crippen LogP contribution is -2.74. The number of carbonyl (C=O) groups is 1. The van der Waals surface area contributed by atoms with E-state index in [1.165, 1.54) is 24.3 Å². The van der Waals surface area contributed by atoms with Gasteiger partial charge < -0.3 is 4.74 Å². The first-order valence-electron chi connectivity index (χ1n) is 10.7. The number of anilines is 1. The molecule has 0 unspecified atom stereocenters. The molecule has 0 aliphatic heterocycles. The molecule has 1 rings (SSSR count). The van der Waals surface area contributed by atoms with Crippen molar-refractivity contribution in [3.63, 3.8) is 0 Å². The molecule has 0 radical (unpaired) electrons. The summed E-state index contributed by atoms with van der Waals surface area (Å²) in [4.78, 5) is 12.9. The summed E-state index contributed by atoms with van der Waals surface area (Å²) in [6.45, 7) is 1.41. The molecule has 0 saturated heterocycles. The van der Waals surface area contributed by atoms with Crippen LogP contribution in [0.15, 0.2) is 24.3 Å². The van der Waals surface area contributed by atoms with E-state index in [4.69, 9.17) is 16.3 Å². The van der Waals surface area contributed by atoms with Crippen molar-refractivity contribution >= 4 is 23.4 Å². The lowest BCUT2D eigenvalue weighted by Gasteiger charge is -2.43. The van der Waals surface area contributed by atoms with E-state index in [0.717, 1.165) is 7.05 Å². The van der Waals surface area contributed by atoms with E-state index in [0.29, 0.717) is 18.7 Å². The molecule has 1 amide bonds. The number of hydrogen-bond donors (Lipinski definition) is 0. The van der Waals surface area contributed by atoms with Gasteiger partial charge in [0.05, 0.1) is 0 Å². The summed E-state index contributed by atoms with van der Waals surface area (Å²) in [5.41, 5.74) is -2.30. The molecule has 3 nitrogen and oxygen atoms in total. The van der Waals surface area contributed by atoms with Gasteiger partial charge in [-0.05, 0) is 44.5 Å². The molecular weight excluding hydrogens is 657 g/mol. The van der Waals surface area contributed by atoms with E-state index < -0.39 is 72.2 Å². The largest absolute Gasteiger partial charge is 0.460 e. The second kappa shape index (κ2) is 10.9. The second-order valence-corrected chi connectivity index (χ2v) is 9.75. The number of carbonyl (C=O) groups excluding carboxylic acids is 1. The number of rotatable bonds is 11. The van der Waals surface area contributed by atoms with Crippen LogP contribution in [0.25, 0.3) is 0 Å². The van der Waals surface area contributed by atoms with Crippen molar-refractivity contribution in [2.75, 3.05) is 11.9 Å². The van der Waals surface area contributed by atoms with Gasteiger partial charge in [-0.25, -0.2) is 4.79 Å². The molecule has 0 heterocycles. The lowest BCUT2D eigenvalue weighted by atomic mass is 9.87. The van der Waals surface area contributed by atoms with Crippen LogP contribution in [0.1, 0.15) is 26.7 Å². The van der Waals surface area contributed by atoms with Gasteiger partial charge in [-0.15, -0.1) is 0 Å². The number of hydrogen-bond acceptors (Lipinski definition) is 2. The number of nitrogens with zero attached hydrogens (tertiary/aromatic N) is 1. The maximum absolute atomic E-state index is 14.2. The fraction of sp³-hybridized carbons (Fsp3) is 0.667. The Labute approximate surface area is 229 Å². The summed E-state index contributed by atoms with van der Waals surface area (Å²) in [6.07, 6.45) is -13.6. The molecule has 0 atom stereocenters. The normalized spacial score (nSPS) is 15.1. The molecule has 21 heteroatoms. The second-order valence-electron chi connectivity index (χ2n) is 9.31. The molecular formula is C21H17ClF17NO2. The summed E-state index contributed by atoms with van der Waals surface area (Å²) in [5, 5.41) is 0.196. The topological polar surface area (TPSA) is 29.5 Å². The fourth-order valence-corrected chi connectivity index (χ4v) is 3.06. The lowest BCUT2D eigenvalue weighted by molar-refractivity contribution is -0.462. The molecule has 244 valence electrons. The Hall–Kier alpha value is -2.41. The van der Waals surface area contributed by atoms with Crippen molar-refractivity contribution in [2.24, 2.45) is 0 Å². The number of halogens is 18. The molecule has 0 saturated carbocycles. The van der Waals surface area contributed by atoms with Crippen LogP contribution in [-0.4, -0.2) is 66.4 Å². The van der Waals surface area contributed by atoms with Gasteiger partial charge in [-0.3, -0.25) is 4.90 Å². The fourth-order valence-electron chi connectivity index (χ4n) is 2.94. The van der Waals surface area contributed by atoms with Gasteiger partial charge in [0.25, 0.3) is 0 Å². The van der Waals surface area contributed by atoms with E-state index in [-0.39, 0.29) is 10.7 Å². The molecule has 0 aliphatic carbocycles. The Kier molecular flexibility index (Phi) is 9.80. The first-order chi connectivity index (χ1) is 18.3. The Balaban J connectivity index is 3.29. The standard InChI is InChI=1S/C21H17ClF17NO2/c1-13(2,42-12(41)40(3)11-6-4-10(22)5-7-11)8-9-14(23,24)15(25,26)16(27,28)17(29,30)18(31,32)19(33,34)20(35,36)21(37,38)39/h4-7H,8-9H2,1-3H3. The highest BCUT2D eigenvalue weighted by Crippen LogP contribution is 2.64. The molecule has 1 aromatic rings. The average Bonchev–Trinajstić information content (AvgIpc) is 2.81. The van der Waals surface area contributed by atoms with Crippen LogP contribution in [0.3, 0.4) is 0 Å². The van der Waals surface area contributed by atoms with Crippen LogP contribution in [-0.2, 0) is 4.74 Å². The monoisotopic (exact) mass is 673 g/mol. The highest BCUT2D eigenvalue weighted by atomic mass is 35.5. The third kappa shape index (κ3) is 6.13. The van der Waals surface area contributed by atoms with Crippen molar-refractivity contribution in [3.8, 4) is 0 Å². The summed E-state index contributed by atoms with van der Waals surface area (Å²) in [5.74, 6) is -56.9. The van der Waals surface area contributed by atoms with Crippen LogP contribution < -0.4 is 4.90 Å². The van der Waals surface area contributed by atoms with Crippen LogP contribution >= 0.6 is 11.6 Å². The highest BCUT2D eigenvalue weighted by molar-refractivity contribution is 6.30. The third-order valence-electron chi connectivity index (χ3n) is 5.68. The highest BCUT2D eigenvalue weighted by Gasteiger charge is 2.95. The number of benzene rings is 1. The molecule has 0 fully saturated rings. The van der Waals surface area contributed by atoms with E-state index in [1.807, 2.05) is 0 Å². The Morgan fingerprint density at radius 3 is 1.38 bits per heavy atom. The zero-order valence-electron chi connectivity index (χ0n) is 20.8. The summed E-state index contributed by atoms with van der Waals surface area (Å²) < 4.78 is 232. The summed E-state index contributed by atoms with van der Waals surface area (Å²) in [6, 6.07) is 5.01. The first-order valence-corrected chi connectivity index (χ1v) is 11.1. The van der Waals surface area contributed by atoms with Crippen LogP contribution in [0, 0.1) is 0 Å². The quantitative estimate of drug-likeness (QED) is 0.219. The van der Waals surface area contributed by atoms with Gasteiger partial charge in [0.1, 0.15) is 5.60 Å². The Bertz CT molecular complexity index is 1120. The zero-order valence-corrected chi connectivity index (χ0v) is 21.5. The summed E-state index contributed by atoms with van der Waals surface area (Å²) >= 11 is 5.64. The van der Waals surface area contributed by atoms with E-state index in [2.05, 4.69) is 0 Å². The number of amides is 1. The maximum atomic E-state index is 14.2. The molecule has 42 heavy (non-hydrogen) atoms. The van der Waals surface area contributed by atoms with E-state index in [1.54, 1.807) is 0 Å². The van der Waals surface area contributed by atoms with Crippen LogP contribution in [0.4, 0.5) is 85.1 Å². The van der Waals surface area contributed by atoms with Gasteiger partial charge in [0.15, 0.2) is 0 Å². The minimum Gasteiger partial charge on any atom is -0.443 e. The minimum atomic E-state index is -8.69. The molecule has 0 aromatic heterocycles. The molecule has 0 aliphatic rings. The van der Waals surface area contributed by atoms with Gasteiger partial charge in [-0.1, -0.05) is 11.6 Å². The van der Waals surface area contributed by atoms with Crippen molar-refractivity contribution in [3.05, 3.63) is 29.3 Å². The molecule has 0 N–H and O–H groups in total. The smallest absolute Gasteiger partial charge is 0.443 e. The average molecular weight is 674 g/mol. The number of ether oxygens (including phenoxy) is 1. The Morgan fingerprint density at radius 1 is 0.643 bits per heavy atom. The molecule has 1 aromatic carbocycles. The third-order valence-corrected chi connectivity index (χ3v) is 5.93. The SMILES string of the molecule is CN(C(=O)OC(C)(C)CCC(F)(F)C(F)(F)C(F)(F)C(F)(F)C(F)(F)C(F)(F)C(F)(F)C(F)(F)F)c1ccc(Cl)cc1. The van der Waals surface area contributed by atoms with Crippen LogP contribution in [0.2, 0.25) is 5.02 Å². The van der Waals surface area contributed by atoms with Crippen molar-refractivity contribution < 1.29 is 84.2 Å². The van der Waals surface area contributed by atoms with Gasteiger partial charge in [0, 0.05) is 24.2 Å². The van der Waals surface area contributed by atoms with Crippen molar-refractivity contribution in [1.29, 1.82) is 0 Å². The molecule has 0 bridgehead atoms. The maximum Gasteiger partial charge on any atom is 0.460 e. The minimum absolute atomic E-state index is 0.0489. The molecule has 0 spiro atoms. The predicted octanol–water partition coefficient (Wildman–Crippen LogP) is 9.48. The van der Waals surface area contributed by atoms with E-state index in [9.17, 15) is 79.4 Å².